The lowest BCUT2D eigenvalue weighted by molar-refractivity contribution is -0.146. The van der Waals surface area contributed by atoms with Crippen LogP contribution in [-0.2, 0) is 34.6 Å². The van der Waals surface area contributed by atoms with Crippen molar-refractivity contribution in [1.29, 1.82) is 0 Å². The Labute approximate surface area is 273 Å². The second-order valence-electron chi connectivity index (χ2n) is 12.6. The van der Waals surface area contributed by atoms with Crippen LogP contribution in [0.5, 0.6) is 0 Å². The third-order valence-electron chi connectivity index (χ3n) is 9.08. The fourth-order valence-corrected chi connectivity index (χ4v) is 9.82. The quantitative estimate of drug-likeness (QED) is 0.156. The average molecular weight is 662 g/mol. The number of halogens is 2. The molecule has 2 aliphatic rings. The molecular formula is C34H37ClFN5O4Si. The summed E-state index contributed by atoms with van der Waals surface area (Å²) in [5.74, 6) is -0.948. The molecule has 0 saturated carbocycles. The van der Waals surface area contributed by atoms with Gasteiger partial charge in [0.05, 0.1) is 24.0 Å². The molecule has 0 unspecified atom stereocenters. The number of fused-ring (bicyclic) bond motifs is 2. The number of nitrogens with zero attached hydrogens (tertiary/aromatic N) is 4. The molecule has 0 aliphatic carbocycles. The number of aromatic nitrogens is 3. The van der Waals surface area contributed by atoms with E-state index in [1.165, 1.54) is 0 Å². The van der Waals surface area contributed by atoms with Crippen LogP contribution < -0.4 is 10.2 Å². The lowest BCUT2D eigenvalue weighted by Crippen LogP contribution is -2.45. The number of amides is 2. The number of carbonyl (C=O) groups excluding carboxylic acids is 2. The summed E-state index contributed by atoms with van der Waals surface area (Å²) < 4.78 is 24.7. The molecule has 9 nitrogen and oxygen atoms in total. The molecule has 12 heteroatoms. The largest absolute Gasteiger partial charge is 0.396 e. The van der Waals surface area contributed by atoms with E-state index in [2.05, 4.69) is 15.6 Å². The van der Waals surface area contributed by atoms with Gasteiger partial charge in [0.25, 0.3) is 11.8 Å². The van der Waals surface area contributed by atoms with Crippen molar-refractivity contribution in [2.45, 2.75) is 63.2 Å². The number of carbonyl (C=O) groups is 2. The van der Waals surface area contributed by atoms with Gasteiger partial charge in [0.15, 0.2) is 5.60 Å². The second kappa shape index (κ2) is 12.7. The number of rotatable bonds is 10. The Bertz CT molecular complexity index is 1750. The smallest absolute Gasteiger partial charge is 0.264 e. The number of hydrogen-bond acceptors (Lipinski definition) is 6. The Kier molecular flexibility index (Phi) is 8.86. The zero-order valence-electron chi connectivity index (χ0n) is 26.0. The van der Waals surface area contributed by atoms with Crippen LogP contribution in [0, 0.1) is 5.92 Å². The van der Waals surface area contributed by atoms with Gasteiger partial charge in [-0.2, -0.15) is 0 Å². The first kappa shape index (κ1) is 32.1. The molecule has 4 atom stereocenters. The molecule has 6 rings (SSSR count). The molecule has 3 aromatic carbocycles. The molecule has 2 amide bonds. The lowest BCUT2D eigenvalue weighted by Gasteiger charge is -2.31. The highest BCUT2D eigenvalue weighted by Gasteiger charge is 2.66. The van der Waals surface area contributed by atoms with E-state index in [4.69, 9.17) is 16.3 Å². The minimum atomic E-state index is -3.35. The number of nitrogens with one attached hydrogen (secondary N) is 1. The van der Waals surface area contributed by atoms with Gasteiger partial charge in [-0.05, 0) is 67.5 Å². The van der Waals surface area contributed by atoms with Crippen LogP contribution in [0.3, 0.4) is 0 Å². The number of hydrogen-bond donors (Lipinski definition) is 2. The maximum Gasteiger partial charge on any atom is 0.264 e. The number of anilines is 2. The number of ether oxygens (including phenoxy) is 1. The van der Waals surface area contributed by atoms with E-state index in [1.807, 2.05) is 37.3 Å². The van der Waals surface area contributed by atoms with Crippen LogP contribution in [0.25, 0.3) is 0 Å². The minimum absolute atomic E-state index is 0.0264. The van der Waals surface area contributed by atoms with E-state index < -0.39 is 31.6 Å². The van der Waals surface area contributed by atoms with Crippen molar-refractivity contribution >= 4 is 43.2 Å². The van der Waals surface area contributed by atoms with Gasteiger partial charge in [0.2, 0.25) is 8.41 Å². The summed E-state index contributed by atoms with van der Waals surface area (Å²) in [6, 6.07) is 21.7. The standard InChI is InChI=1S/C34H37ClFN5O4Si/c1-22-31(46(2,3)36)30(14-16-40-21-27(15-17-42)38-39-40)45-34(22)28-19-25(35)12-13-29(28)41(33(34)44)20-23-8-7-11-26(18-23)37-32(43)24-9-5-4-6-10-24/h4-13,18-19,21-22,30-31,42H,14-17,20H2,1-3H3,(H,37,43)/t22-,30+,31-,34+/m0/s1. The maximum absolute atomic E-state index is 16.2. The third kappa shape index (κ3) is 6.00. The molecule has 1 saturated heterocycles. The highest BCUT2D eigenvalue weighted by Crippen LogP contribution is 2.60. The molecule has 2 N–H and O–H groups in total. The average Bonchev–Trinajstić information content (AvgIpc) is 3.67. The zero-order chi connectivity index (χ0) is 32.6. The second-order valence-corrected chi connectivity index (χ2v) is 16.8. The molecule has 0 bridgehead atoms. The number of aliphatic hydroxyl groups is 1. The number of benzene rings is 3. The third-order valence-corrected chi connectivity index (χ3v) is 11.8. The predicted molar refractivity (Wildman–Crippen MR) is 177 cm³/mol. The topological polar surface area (TPSA) is 110 Å². The molecule has 0 radical (unpaired) electrons. The van der Waals surface area contributed by atoms with E-state index in [1.54, 1.807) is 71.3 Å². The van der Waals surface area contributed by atoms with Crippen molar-refractivity contribution in [3.05, 3.63) is 106 Å². The Morgan fingerprint density at radius 1 is 1.13 bits per heavy atom. The molecule has 46 heavy (non-hydrogen) atoms. The number of aliphatic hydroxyl groups excluding tert-OH is 1. The van der Waals surface area contributed by atoms with E-state index in [9.17, 15) is 14.7 Å². The summed E-state index contributed by atoms with van der Waals surface area (Å²) in [6.45, 7) is 5.88. The summed E-state index contributed by atoms with van der Waals surface area (Å²) in [6.07, 6.45) is 2.06. The highest BCUT2D eigenvalue weighted by molar-refractivity contribution is 6.72. The van der Waals surface area contributed by atoms with Gasteiger partial charge in [0.1, 0.15) is 0 Å². The van der Waals surface area contributed by atoms with Crippen molar-refractivity contribution in [1.82, 2.24) is 15.0 Å². The van der Waals surface area contributed by atoms with Crippen molar-refractivity contribution in [3.63, 3.8) is 0 Å². The predicted octanol–water partition coefficient (Wildman–Crippen LogP) is 6.13. The van der Waals surface area contributed by atoms with Crippen molar-refractivity contribution < 1.29 is 23.5 Å². The molecule has 2 aliphatic heterocycles. The Morgan fingerprint density at radius 3 is 2.65 bits per heavy atom. The first-order chi connectivity index (χ1) is 22.0. The van der Waals surface area contributed by atoms with Crippen LogP contribution >= 0.6 is 11.6 Å². The van der Waals surface area contributed by atoms with Crippen LogP contribution in [0.2, 0.25) is 23.7 Å². The fourth-order valence-electron chi connectivity index (χ4n) is 7.11. The normalized spacial score (nSPS) is 22.4. The van der Waals surface area contributed by atoms with Crippen LogP contribution in [-0.4, -0.2) is 53.0 Å². The monoisotopic (exact) mass is 661 g/mol. The zero-order valence-corrected chi connectivity index (χ0v) is 27.7. The van der Waals surface area contributed by atoms with Crippen LogP contribution in [0.1, 0.15) is 40.5 Å². The van der Waals surface area contributed by atoms with E-state index in [0.717, 1.165) is 5.56 Å². The summed E-state index contributed by atoms with van der Waals surface area (Å²) in [7, 11) is -3.35. The SMILES string of the molecule is C[C@H]1[C@H]([Si](C)(C)F)[C@@H](CCn2cc(CCO)nn2)O[C@]12C(=O)N(Cc1cccc(NC(=O)c3ccccc3)c1)c1ccc(Cl)cc12. The van der Waals surface area contributed by atoms with Gasteiger partial charge in [-0.1, -0.05) is 54.1 Å². The Balaban J connectivity index is 1.29. The molecule has 240 valence electrons. The molecule has 1 aromatic heterocycles. The summed E-state index contributed by atoms with van der Waals surface area (Å²) in [4.78, 5) is 29.1. The van der Waals surface area contributed by atoms with Crippen molar-refractivity contribution in [2.75, 3.05) is 16.8 Å². The van der Waals surface area contributed by atoms with Gasteiger partial charge < -0.3 is 24.2 Å². The van der Waals surface area contributed by atoms with E-state index in [-0.39, 0.29) is 25.0 Å². The maximum atomic E-state index is 16.2. The Morgan fingerprint density at radius 2 is 1.91 bits per heavy atom. The first-order valence-corrected chi connectivity index (χ1v) is 18.8. The van der Waals surface area contributed by atoms with Gasteiger partial charge in [-0.15, -0.1) is 5.10 Å². The lowest BCUT2D eigenvalue weighted by atomic mass is 9.82. The minimum Gasteiger partial charge on any atom is -0.396 e. The fraction of sp³-hybridized carbons (Fsp3) is 0.353. The summed E-state index contributed by atoms with van der Waals surface area (Å²) in [5.41, 5.74) is 2.06. The van der Waals surface area contributed by atoms with E-state index >= 15 is 4.11 Å². The molecule has 4 aromatic rings. The highest BCUT2D eigenvalue weighted by atomic mass is 35.5. The van der Waals surface area contributed by atoms with Crippen molar-refractivity contribution in [3.8, 4) is 0 Å². The van der Waals surface area contributed by atoms with Gasteiger partial charge in [0, 0.05) is 59.1 Å². The van der Waals surface area contributed by atoms with Gasteiger partial charge in [-0.25, -0.2) is 0 Å². The van der Waals surface area contributed by atoms with Crippen molar-refractivity contribution in [2.24, 2.45) is 5.92 Å². The number of aryl methyl sites for hydroxylation is 1. The van der Waals surface area contributed by atoms with Crippen LogP contribution in [0.15, 0.2) is 79.0 Å². The molecule has 1 fully saturated rings. The Hall–Kier alpha value is -3.90. The summed E-state index contributed by atoms with van der Waals surface area (Å²) in [5, 5.41) is 20.9. The van der Waals surface area contributed by atoms with Crippen LogP contribution in [0.4, 0.5) is 15.5 Å². The first-order valence-electron chi connectivity index (χ1n) is 15.4. The molecular weight excluding hydrogens is 625 g/mol. The molecule has 3 heterocycles. The molecule has 1 spiro atoms. The van der Waals surface area contributed by atoms with Gasteiger partial charge in [-0.3, -0.25) is 14.3 Å². The van der Waals surface area contributed by atoms with E-state index in [0.29, 0.717) is 52.6 Å². The summed E-state index contributed by atoms with van der Waals surface area (Å²) >= 11 is 6.51. The van der Waals surface area contributed by atoms with Gasteiger partial charge >= 0.3 is 0 Å².